The van der Waals surface area contributed by atoms with Crippen molar-refractivity contribution >= 4 is 28.9 Å². The summed E-state index contributed by atoms with van der Waals surface area (Å²) in [4.78, 5) is 14.4. The average molecular weight is 296 g/mol. The molecule has 5 heteroatoms. The van der Waals surface area contributed by atoms with Crippen LogP contribution in [0.1, 0.15) is 26.7 Å². The van der Waals surface area contributed by atoms with Crippen molar-refractivity contribution in [3.63, 3.8) is 0 Å². The Morgan fingerprint density at radius 3 is 2.65 bits per heavy atom. The number of nitrogen functional groups attached to an aromatic ring is 1. The fourth-order valence-electron chi connectivity index (χ4n) is 2.32. The van der Waals surface area contributed by atoms with Gasteiger partial charge in [-0.1, -0.05) is 11.6 Å². The molecule has 2 atom stereocenters. The van der Waals surface area contributed by atoms with Crippen LogP contribution in [0.5, 0.6) is 0 Å². The van der Waals surface area contributed by atoms with Gasteiger partial charge in [0.15, 0.2) is 0 Å². The number of hydrogen-bond acceptors (Lipinski definition) is 3. The first kappa shape index (κ1) is 15.1. The standard InChI is InChI=1S/C15H22ClN3O/c1-9(11-4-5-11)19(3)10(2)15(20)18-14-7-6-12(17)8-13(14)16/h6-11H,4-5,17H2,1-3H3,(H,18,20). The second kappa shape index (κ2) is 6.02. The number of hydrogen-bond donors (Lipinski definition) is 2. The predicted molar refractivity (Wildman–Crippen MR) is 83.9 cm³/mol. The van der Waals surface area contributed by atoms with Crippen LogP contribution in [0, 0.1) is 5.92 Å². The first-order valence-corrected chi connectivity index (χ1v) is 7.35. The van der Waals surface area contributed by atoms with Crippen LogP contribution in [-0.4, -0.2) is 29.9 Å². The van der Waals surface area contributed by atoms with Crippen LogP contribution in [0.2, 0.25) is 5.02 Å². The Kier molecular flexibility index (Phi) is 4.55. The molecule has 0 aromatic heterocycles. The molecule has 0 spiro atoms. The molecule has 110 valence electrons. The maximum atomic E-state index is 12.3. The monoisotopic (exact) mass is 295 g/mol. The van der Waals surface area contributed by atoms with E-state index < -0.39 is 0 Å². The third-order valence-electron chi connectivity index (χ3n) is 4.19. The van der Waals surface area contributed by atoms with Crippen molar-refractivity contribution in [3.05, 3.63) is 23.2 Å². The number of benzene rings is 1. The minimum absolute atomic E-state index is 0.0494. The van der Waals surface area contributed by atoms with Gasteiger partial charge in [0.1, 0.15) is 0 Å². The van der Waals surface area contributed by atoms with Crippen molar-refractivity contribution in [3.8, 4) is 0 Å². The fourth-order valence-corrected chi connectivity index (χ4v) is 2.55. The predicted octanol–water partition coefficient (Wildman–Crippen LogP) is 2.98. The van der Waals surface area contributed by atoms with Crippen LogP contribution in [0.4, 0.5) is 11.4 Å². The lowest BCUT2D eigenvalue weighted by Gasteiger charge is -2.30. The van der Waals surface area contributed by atoms with Gasteiger partial charge in [-0.05, 0) is 57.9 Å². The Bertz CT molecular complexity index is 502. The zero-order chi connectivity index (χ0) is 14.9. The largest absolute Gasteiger partial charge is 0.399 e. The molecule has 4 nitrogen and oxygen atoms in total. The number of rotatable bonds is 5. The molecule has 0 saturated heterocycles. The molecule has 0 radical (unpaired) electrons. The van der Waals surface area contributed by atoms with Crippen molar-refractivity contribution in [2.75, 3.05) is 18.1 Å². The van der Waals surface area contributed by atoms with Crippen LogP contribution in [0.25, 0.3) is 0 Å². The molecular formula is C15H22ClN3O. The van der Waals surface area contributed by atoms with E-state index in [1.165, 1.54) is 12.8 Å². The summed E-state index contributed by atoms with van der Waals surface area (Å²) in [6.45, 7) is 4.09. The van der Waals surface area contributed by atoms with Gasteiger partial charge in [0.25, 0.3) is 0 Å². The number of nitrogens with zero attached hydrogens (tertiary/aromatic N) is 1. The quantitative estimate of drug-likeness (QED) is 0.821. The summed E-state index contributed by atoms with van der Waals surface area (Å²) in [7, 11) is 2.00. The van der Waals surface area contributed by atoms with Gasteiger partial charge < -0.3 is 11.1 Å². The van der Waals surface area contributed by atoms with E-state index in [-0.39, 0.29) is 11.9 Å². The highest BCUT2D eigenvalue weighted by Crippen LogP contribution is 2.35. The van der Waals surface area contributed by atoms with Crippen LogP contribution in [0.3, 0.4) is 0 Å². The number of amides is 1. The Balaban J connectivity index is 1.99. The van der Waals surface area contributed by atoms with E-state index in [2.05, 4.69) is 17.1 Å². The number of carbonyl (C=O) groups is 1. The van der Waals surface area contributed by atoms with Gasteiger partial charge in [0.05, 0.1) is 16.8 Å². The maximum absolute atomic E-state index is 12.3. The van der Waals surface area contributed by atoms with Crippen LogP contribution < -0.4 is 11.1 Å². The van der Waals surface area contributed by atoms with Gasteiger partial charge in [-0.25, -0.2) is 0 Å². The SMILES string of the molecule is CC(C(=O)Nc1ccc(N)cc1Cl)N(C)C(C)C1CC1. The maximum Gasteiger partial charge on any atom is 0.241 e. The summed E-state index contributed by atoms with van der Waals surface area (Å²) in [5, 5.41) is 3.33. The number of nitrogens with two attached hydrogens (primary N) is 1. The Morgan fingerprint density at radius 1 is 1.45 bits per heavy atom. The zero-order valence-electron chi connectivity index (χ0n) is 12.2. The highest BCUT2D eigenvalue weighted by atomic mass is 35.5. The topological polar surface area (TPSA) is 58.4 Å². The lowest BCUT2D eigenvalue weighted by atomic mass is 10.1. The second-order valence-corrected chi connectivity index (χ2v) is 6.06. The van der Waals surface area contributed by atoms with Crippen LogP contribution in [-0.2, 0) is 4.79 Å². The lowest BCUT2D eigenvalue weighted by molar-refractivity contribution is -0.121. The third kappa shape index (κ3) is 3.44. The molecular weight excluding hydrogens is 274 g/mol. The fraction of sp³-hybridized carbons (Fsp3) is 0.533. The number of carbonyl (C=O) groups excluding carboxylic acids is 1. The Morgan fingerprint density at radius 2 is 2.10 bits per heavy atom. The van der Waals surface area contributed by atoms with E-state index in [1.807, 2.05) is 14.0 Å². The summed E-state index contributed by atoms with van der Waals surface area (Å²) in [5.41, 5.74) is 6.83. The Labute approximate surface area is 125 Å². The van der Waals surface area contributed by atoms with E-state index in [9.17, 15) is 4.79 Å². The van der Waals surface area contributed by atoms with Gasteiger partial charge in [-0.2, -0.15) is 0 Å². The number of anilines is 2. The van der Waals surface area contributed by atoms with Crippen molar-refractivity contribution in [2.45, 2.75) is 38.8 Å². The zero-order valence-corrected chi connectivity index (χ0v) is 12.9. The van der Waals surface area contributed by atoms with Crippen molar-refractivity contribution in [1.82, 2.24) is 4.90 Å². The van der Waals surface area contributed by atoms with Crippen molar-refractivity contribution in [2.24, 2.45) is 5.92 Å². The van der Waals surface area contributed by atoms with E-state index in [0.29, 0.717) is 22.4 Å². The highest BCUT2D eigenvalue weighted by Gasteiger charge is 2.33. The molecule has 1 fully saturated rings. The first-order valence-electron chi connectivity index (χ1n) is 6.98. The number of nitrogens with one attached hydrogen (secondary N) is 1. The number of likely N-dealkylation sites (N-methyl/N-ethyl adjacent to an activating group) is 1. The summed E-state index contributed by atoms with van der Waals surface area (Å²) in [5.74, 6) is 0.682. The molecule has 20 heavy (non-hydrogen) atoms. The molecule has 0 bridgehead atoms. The smallest absolute Gasteiger partial charge is 0.241 e. The summed E-state index contributed by atoms with van der Waals surface area (Å²) in [6.07, 6.45) is 2.53. The summed E-state index contributed by atoms with van der Waals surface area (Å²) in [6, 6.07) is 5.32. The van der Waals surface area contributed by atoms with Crippen LogP contribution >= 0.6 is 11.6 Å². The van der Waals surface area contributed by atoms with Crippen LogP contribution in [0.15, 0.2) is 18.2 Å². The molecule has 1 aromatic carbocycles. The van der Waals surface area contributed by atoms with Crippen molar-refractivity contribution < 1.29 is 4.79 Å². The molecule has 0 heterocycles. The normalized spacial score (nSPS) is 17.9. The van der Waals surface area contributed by atoms with E-state index in [4.69, 9.17) is 17.3 Å². The molecule has 1 aliphatic rings. The minimum atomic E-state index is -0.195. The van der Waals surface area contributed by atoms with Gasteiger partial charge >= 0.3 is 0 Å². The molecule has 0 aliphatic heterocycles. The Hall–Kier alpha value is -1.26. The summed E-state index contributed by atoms with van der Waals surface area (Å²) < 4.78 is 0. The average Bonchev–Trinajstić information content (AvgIpc) is 3.23. The third-order valence-corrected chi connectivity index (χ3v) is 4.50. The van der Waals surface area contributed by atoms with E-state index >= 15 is 0 Å². The van der Waals surface area contributed by atoms with Crippen molar-refractivity contribution in [1.29, 1.82) is 0 Å². The van der Waals surface area contributed by atoms with E-state index in [0.717, 1.165) is 5.92 Å². The second-order valence-electron chi connectivity index (χ2n) is 5.65. The van der Waals surface area contributed by atoms with Gasteiger partial charge in [0, 0.05) is 11.7 Å². The first-order chi connectivity index (χ1) is 9.40. The van der Waals surface area contributed by atoms with Gasteiger partial charge in [0.2, 0.25) is 5.91 Å². The van der Waals surface area contributed by atoms with Gasteiger partial charge in [-0.3, -0.25) is 9.69 Å². The molecule has 3 N–H and O–H groups in total. The highest BCUT2D eigenvalue weighted by molar-refractivity contribution is 6.34. The summed E-state index contributed by atoms with van der Waals surface area (Å²) >= 11 is 6.07. The molecule has 1 aliphatic carbocycles. The molecule has 1 amide bonds. The van der Waals surface area contributed by atoms with Gasteiger partial charge in [-0.15, -0.1) is 0 Å². The molecule has 1 aromatic rings. The number of halogens is 1. The lowest BCUT2D eigenvalue weighted by Crippen LogP contribution is -2.45. The molecule has 2 unspecified atom stereocenters. The molecule has 2 rings (SSSR count). The minimum Gasteiger partial charge on any atom is -0.399 e. The van der Waals surface area contributed by atoms with E-state index in [1.54, 1.807) is 18.2 Å². The molecule has 1 saturated carbocycles.